The van der Waals surface area contributed by atoms with Crippen LogP contribution in [0.4, 0.5) is 5.69 Å². The van der Waals surface area contributed by atoms with Gasteiger partial charge in [0, 0.05) is 24.2 Å². The minimum atomic E-state index is 0.604. The van der Waals surface area contributed by atoms with Gasteiger partial charge >= 0.3 is 0 Å². The molecule has 22 heavy (non-hydrogen) atoms. The lowest BCUT2D eigenvalue weighted by Gasteiger charge is -2.09. The van der Waals surface area contributed by atoms with Crippen LogP contribution >= 0.6 is 0 Å². The Morgan fingerprint density at radius 1 is 1.18 bits per heavy atom. The molecule has 0 atom stereocenters. The number of nitrogens with two attached hydrogens (primary N) is 1. The molecule has 1 aromatic heterocycles. The van der Waals surface area contributed by atoms with Crippen molar-refractivity contribution in [1.82, 2.24) is 9.55 Å². The molecule has 0 spiro atoms. The summed E-state index contributed by atoms with van der Waals surface area (Å²) in [5.41, 5.74) is 9.99. The highest BCUT2D eigenvalue weighted by atomic mass is 16.5. The van der Waals surface area contributed by atoms with Gasteiger partial charge in [0.2, 0.25) is 0 Å². The molecule has 3 aromatic rings. The highest BCUT2D eigenvalue weighted by molar-refractivity contribution is 5.78. The maximum atomic E-state index is 5.78. The van der Waals surface area contributed by atoms with Crippen molar-refractivity contribution in [3.05, 3.63) is 53.9 Å². The lowest BCUT2D eigenvalue weighted by atomic mass is 10.2. The van der Waals surface area contributed by atoms with Crippen molar-refractivity contribution < 1.29 is 4.74 Å². The van der Waals surface area contributed by atoms with Crippen LogP contribution in [-0.2, 0) is 6.54 Å². The summed E-state index contributed by atoms with van der Waals surface area (Å²) in [6, 6.07) is 14.2. The molecule has 1 saturated carbocycles. The molecule has 4 rings (SSSR count). The number of methoxy groups -OCH3 is 1. The molecule has 0 bridgehead atoms. The van der Waals surface area contributed by atoms with E-state index < -0.39 is 0 Å². The Labute approximate surface area is 129 Å². The molecule has 0 aliphatic heterocycles. The minimum Gasteiger partial charge on any atom is -0.497 e. The van der Waals surface area contributed by atoms with Gasteiger partial charge in [-0.1, -0.05) is 12.1 Å². The third-order valence-corrected chi connectivity index (χ3v) is 4.25. The molecule has 1 aliphatic carbocycles. The number of hydrogen-bond acceptors (Lipinski definition) is 3. The zero-order valence-electron chi connectivity index (χ0n) is 12.6. The van der Waals surface area contributed by atoms with E-state index in [0.717, 1.165) is 23.5 Å². The number of benzene rings is 2. The molecular formula is C18H19N3O. The van der Waals surface area contributed by atoms with E-state index in [1.54, 1.807) is 7.11 Å². The van der Waals surface area contributed by atoms with Gasteiger partial charge in [0.25, 0.3) is 0 Å². The largest absolute Gasteiger partial charge is 0.497 e. The molecule has 4 nitrogen and oxygen atoms in total. The molecule has 0 amide bonds. The SMILES string of the molecule is COc1ccc2c(c1)nc(C1CC1)n2Cc1ccc(N)cc1. The van der Waals surface area contributed by atoms with Crippen molar-refractivity contribution >= 4 is 16.7 Å². The molecule has 1 aliphatic rings. The smallest absolute Gasteiger partial charge is 0.121 e. The fraction of sp³-hybridized carbons (Fsp3) is 0.278. The van der Waals surface area contributed by atoms with Crippen LogP contribution in [0.25, 0.3) is 11.0 Å². The molecule has 0 saturated heterocycles. The van der Waals surface area contributed by atoms with E-state index >= 15 is 0 Å². The molecule has 1 fully saturated rings. The van der Waals surface area contributed by atoms with Crippen molar-refractivity contribution in [2.75, 3.05) is 12.8 Å². The summed E-state index contributed by atoms with van der Waals surface area (Å²) in [6.45, 7) is 0.828. The number of fused-ring (bicyclic) bond motifs is 1. The van der Waals surface area contributed by atoms with E-state index in [9.17, 15) is 0 Å². The first-order chi connectivity index (χ1) is 10.7. The fourth-order valence-electron chi connectivity index (χ4n) is 2.88. The number of nitrogens with zero attached hydrogens (tertiary/aromatic N) is 2. The van der Waals surface area contributed by atoms with Gasteiger partial charge in [-0.2, -0.15) is 0 Å². The van der Waals surface area contributed by atoms with Gasteiger partial charge in [-0.25, -0.2) is 4.98 Å². The molecule has 2 aromatic carbocycles. The summed E-state index contributed by atoms with van der Waals surface area (Å²) in [4.78, 5) is 4.86. The van der Waals surface area contributed by atoms with E-state index in [2.05, 4.69) is 22.8 Å². The van der Waals surface area contributed by atoms with Crippen LogP contribution in [0.2, 0.25) is 0 Å². The van der Waals surface area contributed by atoms with Crippen molar-refractivity contribution in [1.29, 1.82) is 0 Å². The summed E-state index contributed by atoms with van der Waals surface area (Å²) >= 11 is 0. The Morgan fingerprint density at radius 3 is 2.64 bits per heavy atom. The minimum absolute atomic E-state index is 0.604. The summed E-state index contributed by atoms with van der Waals surface area (Å²) < 4.78 is 7.65. The second kappa shape index (κ2) is 5.05. The Balaban J connectivity index is 1.80. The number of ether oxygens (including phenoxy) is 1. The Kier molecular flexibility index (Phi) is 3.03. The molecular weight excluding hydrogens is 274 g/mol. The van der Waals surface area contributed by atoms with Crippen molar-refractivity contribution in [3.8, 4) is 5.75 Å². The fourth-order valence-corrected chi connectivity index (χ4v) is 2.88. The number of nitrogen functional groups attached to an aromatic ring is 1. The highest BCUT2D eigenvalue weighted by Gasteiger charge is 2.29. The van der Waals surface area contributed by atoms with Crippen LogP contribution in [0.15, 0.2) is 42.5 Å². The summed E-state index contributed by atoms with van der Waals surface area (Å²) in [6.07, 6.45) is 2.48. The first-order valence-electron chi connectivity index (χ1n) is 7.63. The predicted molar refractivity (Wildman–Crippen MR) is 88.2 cm³/mol. The quantitative estimate of drug-likeness (QED) is 0.748. The van der Waals surface area contributed by atoms with Gasteiger partial charge in [0.1, 0.15) is 11.6 Å². The third kappa shape index (κ3) is 2.30. The predicted octanol–water partition coefficient (Wildman–Crippen LogP) is 3.55. The molecule has 112 valence electrons. The van der Waals surface area contributed by atoms with Crippen LogP contribution in [0.1, 0.15) is 30.1 Å². The maximum Gasteiger partial charge on any atom is 0.121 e. The van der Waals surface area contributed by atoms with Crippen LogP contribution < -0.4 is 10.5 Å². The van der Waals surface area contributed by atoms with Crippen LogP contribution in [0.3, 0.4) is 0 Å². The van der Waals surface area contributed by atoms with E-state index in [1.807, 2.05) is 24.3 Å². The Hall–Kier alpha value is -2.49. The highest BCUT2D eigenvalue weighted by Crippen LogP contribution is 2.41. The van der Waals surface area contributed by atoms with E-state index in [1.165, 1.54) is 29.7 Å². The number of rotatable bonds is 4. The van der Waals surface area contributed by atoms with Crippen molar-refractivity contribution in [2.45, 2.75) is 25.3 Å². The van der Waals surface area contributed by atoms with Gasteiger partial charge in [0.15, 0.2) is 0 Å². The van der Waals surface area contributed by atoms with Crippen LogP contribution in [-0.4, -0.2) is 16.7 Å². The average molecular weight is 293 g/mol. The van der Waals surface area contributed by atoms with Crippen LogP contribution in [0.5, 0.6) is 5.75 Å². The summed E-state index contributed by atoms with van der Waals surface area (Å²) in [5, 5.41) is 0. The Morgan fingerprint density at radius 2 is 1.95 bits per heavy atom. The average Bonchev–Trinajstić information content (AvgIpc) is 3.32. The van der Waals surface area contributed by atoms with E-state index in [-0.39, 0.29) is 0 Å². The lowest BCUT2D eigenvalue weighted by Crippen LogP contribution is -2.04. The normalized spacial score (nSPS) is 14.4. The topological polar surface area (TPSA) is 53.1 Å². The molecule has 0 radical (unpaired) electrons. The maximum absolute atomic E-state index is 5.78. The number of hydrogen-bond donors (Lipinski definition) is 1. The molecule has 0 unspecified atom stereocenters. The van der Waals surface area contributed by atoms with E-state index in [0.29, 0.717) is 5.92 Å². The van der Waals surface area contributed by atoms with Gasteiger partial charge < -0.3 is 15.0 Å². The van der Waals surface area contributed by atoms with Gasteiger partial charge in [-0.3, -0.25) is 0 Å². The number of aromatic nitrogens is 2. The second-order valence-corrected chi connectivity index (χ2v) is 5.93. The van der Waals surface area contributed by atoms with Crippen molar-refractivity contribution in [3.63, 3.8) is 0 Å². The number of anilines is 1. The molecule has 1 heterocycles. The zero-order valence-corrected chi connectivity index (χ0v) is 12.6. The van der Waals surface area contributed by atoms with Gasteiger partial charge in [-0.15, -0.1) is 0 Å². The van der Waals surface area contributed by atoms with Gasteiger partial charge in [-0.05, 0) is 42.7 Å². The zero-order chi connectivity index (χ0) is 15.1. The second-order valence-electron chi connectivity index (χ2n) is 5.93. The monoisotopic (exact) mass is 293 g/mol. The lowest BCUT2D eigenvalue weighted by molar-refractivity contribution is 0.415. The first-order valence-corrected chi connectivity index (χ1v) is 7.63. The molecule has 4 heteroatoms. The third-order valence-electron chi connectivity index (χ3n) is 4.25. The summed E-state index contributed by atoms with van der Waals surface area (Å²) in [7, 11) is 1.69. The number of imidazole rings is 1. The van der Waals surface area contributed by atoms with Gasteiger partial charge in [0.05, 0.1) is 18.1 Å². The Bertz CT molecular complexity index is 816. The van der Waals surface area contributed by atoms with Crippen molar-refractivity contribution in [2.24, 2.45) is 0 Å². The first kappa shape index (κ1) is 13.2. The molecule has 2 N–H and O–H groups in total. The standard InChI is InChI=1S/C18H19N3O/c1-22-15-8-9-17-16(10-15)20-18(13-4-5-13)21(17)11-12-2-6-14(19)7-3-12/h2-3,6-10,13H,4-5,11,19H2,1H3. The summed E-state index contributed by atoms with van der Waals surface area (Å²) in [5.74, 6) is 2.65. The van der Waals surface area contributed by atoms with E-state index in [4.69, 9.17) is 15.5 Å². The van der Waals surface area contributed by atoms with Crippen LogP contribution in [0, 0.1) is 0 Å².